The molecule has 1 heteroatoms. The fourth-order valence-corrected chi connectivity index (χ4v) is 1.95. The number of allylic oxidation sites excluding steroid dienone is 1. The molecular weight excluding hydrogens is 172 g/mol. The predicted molar refractivity (Wildman–Crippen MR) is 59.7 cm³/mol. The van der Waals surface area contributed by atoms with Crippen molar-refractivity contribution in [1.82, 2.24) is 0 Å². The second-order valence-electron chi connectivity index (χ2n) is 4.61. The van der Waals surface area contributed by atoms with Gasteiger partial charge in [-0.25, -0.2) is 0 Å². The van der Waals surface area contributed by atoms with E-state index in [4.69, 9.17) is 6.42 Å². The van der Waals surface area contributed by atoms with Crippen LogP contribution < -0.4 is 0 Å². The third-order valence-electron chi connectivity index (χ3n) is 3.12. The summed E-state index contributed by atoms with van der Waals surface area (Å²) in [6.45, 7) is 4.45. The van der Waals surface area contributed by atoms with Crippen LogP contribution in [0.15, 0.2) is 12.2 Å². The summed E-state index contributed by atoms with van der Waals surface area (Å²) in [7, 11) is 0. The van der Waals surface area contributed by atoms with E-state index in [-0.39, 0.29) is 0 Å². The molecule has 1 rings (SSSR count). The Morgan fingerprint density at radius 1 is 1.64 bits per heavy atom. The van der Waals surface area contributed by atoms with Crippen LogP contribution in [0, 0.1) is 24.2 Å². The molecule has 1 aliphatic rings. The Labute approximate surface area is 87.2 Å². The molecule has 0 aromatic rings. The average molecular weight is 192 g/mol. The summed E-state index contributed by atoms with van der Waals surface area (Å²) in [5.74, 6) is 3.88. The van der Waals surface area contributed by atoms with Gasteiger partial charge in [-0.3, -0.25) is 0 Å². The van der Waals surface area contributed by atoms with E-state index in [0.717, 1.165) is 12.8 Å². The summed E-state index contributed by atoms with van der Waals surface area (Å²) < 4.78 is 0. The minimum absolute atomic E-state index is 0.626. The van der Waals surface area contributed by atoms with E-state index in [1.54, 1.807) is 0 Å². The Morgan fingerprint density at radius 2 is 2.36 bits per heavy atom. The molecule has 0 aromatic carbocycles. The third-order valence-corrected chi connectivity index (χ3v) is 3.12. The summed E-state index contributed by atoms with van der Waals surface area (Å²) >= 11 is 0. The second-order valence-corrected chi connectivity index (χ2v) is 4.61. The van der Waals surface area contributed by atoms with Crippen molar-refractivity contribution in [1.29, 1.82) is 0 Å². The quantitative estimate of drug-likeness (QED) is 0.538. The van der Waals surface area contributed by atoms with Gasteiger partial charge in [0, 0.05) is 6.42 Å². The molecule has 2 unspecified atom stereocenters. The smallest absolute Gasteiger partial charge is 0.0837 e. The van der Waals surface area contributed by atoms with Gasteiger partial charge in [-0.05, 0) is 31.1 Å². The first-order valence-electron chi connectivity index (χ1n) is 5.42. The van der Waals surface area contributed by atoms with Crippen LogP contribution in [0.4, 0.5) is 0 Å². The first-order valence-corrected chi connectivity index (χ1v) is 5.42. The van der Waals surface area contributed by atoms with Gasteiger partial charge < -0.3 is 5.11 Å². The molecule has 0 heterocycles. The predicted octanol–water partition coefficient (Wildman–Crippen LogP) is 2.75. The summed E-state index contributed by atoms with van der Waals surface area (Å²) in [4.78, 5) is 0. The van der Waals surface area contributed by atoms with Crippen LogP contribution in [0.3, 0.4) is 0 Å². The number of rotatable bonds is 3. The van der Waals surface area contributed by atoms with Crippen molar-refractivity contribution in [2.45, 2.75) is 45.1 Å². The highest BCUT2D eigenvalue weighted by Gasteiger charge is 2.28. The zero-order valence-corrected chi connectivity index (χ0v) is 9.16. The lowest BCUT2D eigenvalue weighted by atomic mass is 9.78. The number of hydrogen-bond donors (Lipinski definition) is 1. The van der Waals surface area contributed by atoms with Crippen molar-refractivity contribution >= 4 is 0 Å². The third kappa shape index (κ3) is 2.89. The highest BCUT2D eigenvalue weighted by atomic mass is 16.3. The maximum Gasteiger partial charge on any atom is 0.0837 e. The lowest BCUT2D eigenvalue weighted by Gasteiger charge is -2.32. The summed E-state index contributed by atoms with van der Waals surface area (Å²) in [5.41, 5.74) is -0.627. The van der Waals surface area contributed by atoms with Crippen molar-refractivity contribution in [3.8, 4) is 12.3 Å². The molecule has 0 saturated carbocycles. The molecular formula is C13H20O. The van der Waals surface area contributed by atoms with Gasteiger partial charge in [0.2, 0.25) is 0 Å². The molecule has 0 bridgehead atoms. The Bertz CT molecular complexity index is 246. The second kappa shape index (κ2) is 4.66. The van der Waals surface area contributed by atoms with E-state index in [0.29, 0.717) is 24.7 Å². The molecule has 0 spiro atoms. The van der Waals surface area contributed by atoms with Crippen LogP contribution in [-0.2, 0) is 0 Å². The first kappa shape index (κ1) is 11.3. The van der Waals surface area contributed by atoms with Crippen molar-refractivity contribution in [3.63, 3.8) is 0 Å². The molecule has 2 atom stereocenters. The van der Waals surface area contributed by atoms with Crippen LogP contribution in [0.1, 0.15) is 39.5 Å². The van der Waals surface area contributed by atoms with Crippen LogP contribution in [-0.4, -0.2) is 10.7 Å². The van der Waals surface area contributed by atoms with Gasteiger partial charge in [0.15, 0.2) is 0 Å². The molecule has 0 amide bonds. The lowest BCUT2D eigenvalue weighted by molar-refractivity contribution is 0.0584. The number of hydrogen-bond acceptors (Lipinski definition) is 1. The van der Waals surface area contributed by atoms with E-state index < -0.39 is 5.60 Å². The van der Waals surface area contributed by atoms with Gasteiger partial charge >= 0.3 is 0 Å². The SMILES string of the molecule is C#CCCC1(O)C=CC(C(C)C)CC1. The van der Waals surface area contributed by atoms with Crippen LogP contribution in [0.25, 0.3) is 0 Å². The molecule has 0 fully saturated rings. The summed E-state index contributed by atoms with van der Waals surface area (Å²) in [6.07, 6.45) is 12.6. The fraction of sp³-hybridized carbons (Fsp3) is 0.692. The normalized spacial score (nSPS) is 31.8. The Morgan fingerprint density at radius 3 is 2.79 bits per heavy atom. The Hall–Kier alpha value is -0.740. The maximum atomic E-state index is 10.1. The van der Waals surface area contributed by atoms with Gasteiger partial charge in [-0.1, -0.05) is 26.0 Å². The molecule has 0 aromatic heterocycles. The molecule has 14 heavy (non-hydrogen) atoms. The van der Waals surface area contributed by atoms with Crippen molar-refractivity contribution in [2.75, 3.05) is 0 Å². The van der Waals surface area contributed by atoms with Gasteiger partial charge in [0.1, 0.15) is 0 Å². The monoisotopic (exact) mass is 192 g/mol. The molecule has 1 aliphatic carbocycles. The maximum absolute atomic E-state index is 10.1. The highest BCUT2D eigenvalue weighted by molar-refractivity contribution is 5.09. The Kier molecular flexibility index (Phi) is 3.77. The van der Waals surface area contributed by atoms with Gasteiger partial charge in [0.25, 0.3) is 0 Å². The standard InChI is InChI=1S/C13H20O/c1-4-5-8-13(14)9-6-12(7-10-13)11(2)3/h1,6,9,11-12,14H,5,7-8,10H2,2-3H3. The Balaban J connectivity index is 2.54. The van der Waals surface area contributed by atoms with Crippen LogP contribution in [0.2, 0.25) is 0 Å². The minimum Gasteiger partial charge on any atom is -0.386 e. The average Bonchev–Trinajstić information content (AvgIpc) is 2.16. The van der Waals surface area contributed by atoms with Crippen LogP contribution >= 0.6 is 0 Å². The zero-order valence-electron chi connectivity index (χ0n) is 9.16. The van der Waals surface area contributed by atoms with Crippen molar-refractivity contribution < 1.29 is 5.11 Å². The van der Waals surface area contributed by atoms with Gasteiger partial charge in [-0.15, -0.1) is 12.3 Å². The number of terminal acetylenes is 1. The van der Waals surface area contributed by atoms with E-state index in [2.05, 4.69) is 25.8 Å². The topological polar surface area (TPSA) is 20.2 Å². The molecule has 1 N–H and O–H groups in total. The van der Waals surface area contributed by atoms with E-state index in [1.165, 1.54) is 0 Å². The summed E-state index contributed by atoms with van der Waals surface area (Å²) in [5, 5.41) is 10.1. The number of aliphatic hydroxyl groups is 1. The van der Waals surface area contributed by atoms with E-state index in [1.807, 2.05) is 6.08 Å². The van der Waals surface area contributed by atoms with Crippen molar-refractivity contribution in [2.24, 2.45) is 11.8 Å². The molecule has 0 radical (unpaired) electrons. The molecule has 0 saturated heterocycles. The van der Waals surface area contributed by atoms with Gasteiger partial charge in [-0.2, -0.15) is 0 Å². The minimum atomic E-state index is -0.627. The highest BCUT2D eigenvalue weighted by Crippen LogP contribution is 2.32. The lowest BCUT2D eigenvalue weighted by Crippen LogP contribution is -2.30. The molecule has 0 aliphatic heterocycles. The summed E-state index contributed by atoms with van der Waals surface area (Å²) in [6, 6.07) is 0. The molecule has 1 nitrogen and oxygen atoms in total. The zero-order chi connectivity index (χ0) is 10.6. The fourth-order valence-electron chi connectivity index (χ4n) is 1.95. The molecule has 78 valence electrons. The van der Waals surface area contributed by atoms with Gasteiger partial charge in [0.05, 0.1) is 5.60 Å². The van der Waals surface area contributed by atoms with E-state index >= 15 is 0 Å². The first-order chi connectivity index (χ1) is 6.57. The van der Waals surface area contributed by atoms with Crippen LogP contribution in [0.5, 0.6) is 0 Å². The van der Waals surface area contributed by atoms with E-state index in [9.17, 15) is 5.11 Å². The largest absolute Gasteiger partial charge is 0.386 e. The van der Waals surface area contributed by atoms with Crippen molar-refractivity contribution in [3.05, 3.63) is 12.2 Å².